The average molecular weight is 250 g/mol. The summed E-state index contributed by atoms with van der Waals surface area (Å²) >= 11 is 0. The minimum absolute atomic E-state index is 0.380. The van der Waals surface area contributed by atoms with Gasteiger partial charge in [-0.05, 0) is 62.7 Å². The van der Waals surface area contributed by atoms with Crippen LogP contribution >= 0.6 is 0 Å². The summed E-state index contributed by atoms with van der Waals surface area (Å²) in [5.41, 5.74) is 6.61. The normalized spacial score (nSPS) is 45.0. The Morgan fingerprint density at radius 3 is 2.33 bits per heavy atom. The zero-order valence-corrected chi connectivity index (χ0v) is 12.2. The molecule has 0 aromatic heterocycles. The molecule has 0 amide bonds. The van der Waals surface area contributed by atoms with Crippen molar-refractivity contribution in [3.8, 4) is 0 Å². The Balaban J connectivity index is 1.69. The Labute approximate surface area is 112 Å². The molecular formula is C16H30N2. The van der Waals surface area contributed by atoms with E-state index in [-0.39, 0.29) is 0 Å². The Kier molecular flexibility index (Phi) is 3.44. The number of likely N-dealkylation sites (tertiary alicyclic amines) is 1. The molecule has 0 aromatic carbocycles. The number of hydrogen-bond acceptors (Lipinski definition) is 2. The lowest BCUT2D eigenvalue weighted by Crippen LogP contribution is -2.58. The van der Waals surface area contributed by atoms with Crippen LogP contribution in [0.4, 0.5) is 0 Å². The van der Waals surface area contributed by atoms with Gasteiger partial charge in [-0.1, -0.05) is 13.8 Å². The molecule has 2 saturated carbocycles. The van der Waals surface area contributed by atoms with Gasteiger partial charge in [0.05, 0.1) is 0 Å². The summed E-state index contributed by atoms with van der Waals surface area (Å²) in [6, 6.07) is 0.883. The van der Waals surface area contributed by atoms with Gasteiger partial charge in [0.15, 0.2) is 0 Å². The standard InChI is InChI=1S/C16H30N2/c1-12(2)14-5-7-16(11-17,8-6-14)18-10-13-3-4-15(18)9-13/h12-15H,3-11,17H2,1-2H3. The van der Waals surface area contributed by atoms with Crippen molar-refractivity contribution >= 4 is 0 Å². The van der Waals surface area contributed by atoms with Crippen LogP contribution in [0.3, 0.4) is 0 Å². The monoisotopic (exact) mass is 250 g/mol. The number of fused-ring (bicyclic) bond motifs is 2. The maximum atomic E-state index is 6.23. The fraction of sp³-hybridized carbons (Fsp3) is 1.00. The van der Waals surface area contributed by atoms with Crippen LogP contribution in [0.1, 0.15) is 58.8 Å². The molecule has 0 aromatic rings. The summed E-state index contributed by atoms with van der Waals surface area (Å²) in [5, 5.41) is 0. The van der Waals surface area contributed by atoms with E-state index in [9.17, 15) is 0 Å². The largest absolute Gasteiger partial charge is 0.329 e. The van der Waals surface area contributed by atoms with Crippen molar-refractivity contribution in [2.24, 2.45) is 23.5 Å². The summed E-state index contributed by atoms with van der Waals surface area (Å²) in [5.74, 6) is 2.81. The van der Waals surface area contributed by atoms with Gasteiger partial charge in [-0.3, -0.25) is 4.90 Å². The molecule has 2 N–H and O–H groups in total. The molecule has 1 heterocycles. The molecule has 2 atom stereocenters. The summed E-state index contributed by atoms with van der Waals surface area (Å²) in [6.45, 7) is 7.02. The van der Waals surface area contributed by atoms with E-state index in [4.69, 9.17) is 5.73 Å². The molecule has 2 aliphatic carbocycles. The highest BCUT2D eigenvalue weighted by Gasteiger charge is 2.48. The molecule has 3 aliphatic rings. The topological polar surface area (TPSA) is 29.3 Å². The number of hydrogen-bond donors (Lipinski definition) is 1. The average Bonchev–Trinajstić information content (AvgIpc) is 3.01. The molecule has 2 bridgehead atoms. The van der Waals surface area contributed by atoms with E-state index in [0.29, 0.717) is 5.54 Å². The molecule has 0 radical (unpaired) electrons. The first-order valence-electron chi connectivity index (χ1n) is 8.11. The second-order valence-corrected chi connectivity index (χ2v) is 7.50. The first kappa shape index (κ1) is 12.9. The van der Waals surface area contributed by atoms with Crippen LogP contribution in [0, 0.1) is 17.8 Å². The Hall–Kier alpha value is -0.0800. The molecular weight excluding hydrogens is 220 g/mol. The molecule has 104 valence electrons. The van der Waals surface area contributed by atoms with Crippen LogP contribution in [0.15, 0.2) is 0 Å². The lowest BCUT2D eigenvalue weighted by molar-refractivity contribution is 0.0122. The second-order valence-electron chi connectivity index (χ2n) is 7.50. The summed E-state index contributed by atoms with van der Waals surface area (Å²) in [4.78, 5) is 2.84. The number of rotatable bonds is 3. The Morgan fingerprint density at radius 1 is 1.17 bits per heavy atom. The van der Waals surface area contributed by atoms with Gasteiger partial charge in [-0.2, -0.15) is 0 Å². The highest BCUT2D eigenvalue weighted by molar-refractivity contribution is 5.04. The van der Waals surface area contributed by atoms with Crippen molar-refractivity contribution in [1.29, 1.82) is 0 Å². The van der Waals surface area contributed by atoms with Crippen LogP contribution in [0.25, 0.3) is 0 Å². The first-order chi connectivity index (χ1) is 8.64. The van der Waals surface area contributed by atoms with Crippen LogP contribution in [0.2, 0.25) is 0 Å². The van der Waals surface area contributed by atoms with E-state index < -0.39 is 0 Å². The van der Waals surface area contributed by atoms with Crippen molar-refractivity contribution in [3.63, 3.8) is 0 Å². The van der Waals surface area contributed by atoms with Gasteiger partial charge >= 0.3 is 0 Å². The zero-order valence-electron chi connectivity index (χ0n) is 12.2. The predicted octanol–water partition coefficient (Wildman–Crippen LogP) is 3.01. The van der Waals surface area contributed by atoms with Crippen LogP contribution in [-0.2, 0) is 0 Å². The fourth-order valence-electron chi connectivity index (χ4n) is 4.96. The summed E-state index contributed by atoms with van der Waals surface area (Å²) in [7, 11) is 0. The summed E-state index contributed by atoms with van der Waals surface area (Å²) < 4.78 is 0. The van der Waals surface area contributed by atoms with Gasteiger partial charge in [-0.25, -0.2) is 0 Å². The lowest BCUT2D eigenvalue weighted by atomic mass is 9.71. The van der Waals surface area contributed by atoms with E-state index >= 15 is 0 Å². The molecule has 1 saturated heterocycles. The molecule has 3 rings (SSSR count). The first-order valence-corrected chi connectivity index (χ1v) is 8.11. The Morgan fingerprint density at radius 2 is 1.89 bits per heavy atom. The van der Waals surface area contributed by atoms with Crippen LogP contribution < -0.4 is 5.73 Å². The number of nitrogens with zero attached hydrogens (tertiary/aromatic N) is 1. The van der Waals surface area contributed by atoms with E-state index in [2.05, 4.69) is 18.7 Å². The minimum Gasteiger partial charge on any atom is -0.329 e. The quantitative estimate of drug-likeness (QED) is 0.834. The third kappa shape index (κ3) is 2.02. The van der Waals surface area contributed by atoms with Crippen molar-refractivity contribution in [1.82, 2.24) is 4.90 Å². The highest BCUT2D eigenvalue weighted by Crippen LogP contribution is 2.47. The fourth-order valence-corrected chi connectivity index (χ4v) is 4.96. The highest BCUT2D eigenvalue weighted by atomic mass is 15.3. The van der Waals surface area contributed by atoms with Crippen molar-refractivity contribution in [2.45, 2.75) is 70.4 Å². The van der Waals surface area contributed by atoms with Crippen molar-refractivity contribution in [3.05, 3.63) is 0 Å². The van der Waals surface area contributed by atoms with Gasteiger partial charge in [-0.15, -0.1) is 0 Å². The van der Waals surface area contributed by atoms with Gasteiger partial charge in [0.2, 0.25) is 0 Å². The second kappa shape index (κ2) is 4.79. The van der Waals surface area contributed by atoms with Gasteiger partial charge in [0, 0.05) is 24.7 Å². The molecule has 3 fully saturated rings. The van der Waals surface area contributed by atoms with Gasteiger partial charge < -0.3 is 5.73 Å². The number of nitrogens with two attached hydrogens (primary N) is 1. The van der Waals surface area contributed by atoms with Gasteiger partial charge in [0.25, 0.3) is 0 Å². The summed E-state index contributed by atoms with van der Waals surface area (Å²) in [6.07, 6.45) is 9.92. The third-order valence-corrected chi connectivity index (χ3v) is 6.30. The minimum atomic E-state index is 0.380. The molecule has 0 spiro atoms. The van der Waals surface area contributed by atoms with Gasteiger partial charge in [0.1, 0.15) is 0 Å². The molecule has 2 unspecified atom stereocenters. The SMILES string of the molecule is CC(C)C1CCC(CN)(N2CC3CCC2C3)CC1. The maximum absolute atomic E-state index is 6.23. The lowest BCUT2D eigenvalue weighted by Gasteiger charge is -2.50. The maximum Gasteiger partial charge on any atom is 0.0335 e. The van der Waals surface area contributed by atoms with Crippen LogP contribution in [0.5, 0.6) is 0 Å². The van der Waals surface area contributed by atoms with E-state index in [1.807, 2.05) is 0 Å². The molecule has 2 nitrogen and oxygen atoms in total. The smallest absolute Gasteiger partial charge is 0.0335 e. The molecule has 2 heteroatoms. The zero-order chi connectivity index (χ0) is 12.8. The Bertz CT molecular complexity index is 291. The molecule has 18 heavy (non-hydrogen) atoms. The third-order valence-electron chi connectivity index (χ3n) is 6.30. The van der Waals surface area contributed by atoms with E-state index in [1.165, 1.54) is 51.5 Å². The van der Waals surface area contributed by atoms with E-state index in [0.717, 1.165) is 30.3 Å². The molecule has 1 aliphatic heterocycles. The van der Waals surface area contributed by atoms with E-state index in [1.54, 1.807) is 0 Å². The number of piperidine rings is 1. The van der Waals surface area contributed by atoms with Crippen molar-refractivity contribution < 1.29 is 0 Å². The predicted molar refractivity (Wildman–Crippen MR) is 76.4 cm³/mol. The van der Waals surface area contributed by atoms with Crippen LogP contribution in [-0.4, -0.2) is 29.6 Å². The van der Waals surface area contributed by atoms with Crippen molar-refractivity contribution in [2.75, 3.05) is 13.1 Å².